The summed E-state index contributed by atoms with van der Waals surface area (Å²) in [6.07, 6.45) is 2.02. The number of para-hydroxylation sites is 1. The van der Waals surface area contributed by atoms with Gasteiger partial charge >= 0.3 is 0 Å². The van der Waals surface area contributed by atoms with Crippen LogP contribution in [0.1, 0.15) is 0 Å². The first-order valence-corrected chi connectivity index (χ1v) is 5.57. The molecule has 1 aromatic heterocycles. The van der Waals surface area contributed by atoms with Gasteiger partial charge in [0, 0.05) is 30.0 Å². The van der Waals surface area contributed by atoms with E-state index in [4.69, 9.17) is 0 Å². The summed E-state index contributed by atoms with van der Waals surface area (Å²) >= 11 is 0. The molecule has 1 heterocycles. The molecule has 0 saturated carbocycles. The average Bonchev–Trinajstić information content (AvgIpc) is 2.70. The molecule has 17 heavy (non-hydrogen) atoms. The normalized spacial score (nSPS) is 10.6. The van der Waals surface area contributed by atoms with Crippen LogP contribution in [0, 0.1) is 0 Å². The van der Waals surface area contributed by atoms with Gasteiger partial charge in [-0.3, -0.25) is 4.68 Å². The molecular weight excluding hydrogens is 210 g/mol. The maximum atomic E-state index is 4.39. The van der Waals surface area contributed by atoms with Crippen molar-refractivity contribution in [1.29, 1.82) is 0 Å². The van der Waals surface area contributed by atoms with Gasteiger partial charge in [-0.25, -0.2) is 0 Å². The minimum absolute atomic E-state index is 1.01. The Morgan fingerprint density at radius 3 is 2.65 bits per heavy atom. The van der Waals surface area contributed by atoms with Crippen molar-refractivity contribution in [3.8, 4) is 0 Å². The first-order chi connectivity index (χ1) is 8.31. The molecule has 0 saturated heterocycles. The third-order valence-corrected chi connectivity index (χ3v) is 2.68. The van der Waals surface area contributed by atoms with Crippen LogP contribution in [0.5, 0.6) is 0 Å². The van der Waals surface area contributed by atoms with Crippen molar-refractivity contribution >= 4 is 22.3 Å². The van der Waals surface area contributed by atoms with Crippen LogP contribution in [-0.2, 0) is 7.05 Å². The van der Waals surface area contributed by atoms with Gasteiger partial charge in [-0.2, -0.15) is 5.10 Å². The molecule has 0 bridgehead atoms. The van der Waals surface area contributed by atoms with E-state index < -0.39 is 0 Å². The Kier molecular flexibility index (Phi) is 2.29. The Bertz CT molecular complexity index is 641. The van der Waals surface area contributed by atoms with Gasteiger partial charge in [0.1, 0.15) is 0 Å². The zero-order chi connectivity index (χ0) is 11.7. The zero-order valence-corrected chi connectivity index (χ0v) is 9.59. The Morgan fingerprint density at radius 2 is 1.82 bits per heavy atom. The summed E-state index contributed by atoms with van der Waals surface area (Å²) < 4.78 is 1.83. The van der Waals surface area contributed by atoms with Crippen LogP contribution < -0.4 is 5.32 Å². The van der Waals surface area contributed by atoms with E-state index >= 15 is 0 Å². The summed E-state index contributed by atoms with van der Waals surface area (Å²) in [5.41, 5.74) is 3.15. The van der Waals surface area contributed by atoms with E-state index in [2.05, 4.69) is 28.6 Å². The predicted molar refractivity (Wildman–Crippen MR) is 70.4 cm³/mol. The summed E-state index contributed by atoms with van der Waals surface area (Å²) in [7, 11) is 1.93. The molecule has 0 radical (unpaired) electrons. The molecule has 0 aliphatic heterocycles. The molecule has 0 aliphatic rings. The smallest absolute Gasteiger partial charge is 0.0943 e. The van der Waals surface area contributed by atoms with Crippen LogP contribution in [-0.4, -0.2) is 9.78 Å². The van der Waals surface area contributed by atoms with Gasteiger partial charge in [-0.05, 0) is 30.3 Å². The molecular formula is C14H13N3. The molecule has 84 valence electrons. The summed E-state index contributed by atoms with van der Waals surface area (Å²) in [6.45, 7) is 0. The third-order valence-electron chi connectivity index (χ3n) is 2.68. The molecule has 0 spiro atoms. The minimum atomic E-state index is 1.01. The van der Waals surface area contributed by atoms with E-state index in [1.807, 2.05) is 48.3 Å². The van der Waals surface area contributed by atoms with Crippen molar-refractivity contribution in [3.05, 3.63) is 54.7 Å². The fourth-order valence-corrected chi connectivity index (χ4v) is 1.91. The van der Waals surface area contributed by atoms with E-state index in [0.717, 1.165) is 22.3 Å². The Labute approximate surface area is 99.7 Å². The molecule has 0 unspecified atom stereocenters. The van der Waals surface area contributed by atoms with Gasteiger partial charge in [0.25, 0.3) is 0 Å². The van der Waals surface area contributed by atoms with Gasteiger partial charge in [-0.1, -0.05) is 18.2 Å². The second-order valence-electron chi connectivity index (χ2n) is 4.07. The van der Waals surface area contributed by atoms with Crippen LogP contribution in [0.2, 0.25) is 0 Å². The van der Waals surface area contributed by atoms with Gasteiger partial charge < -0.3 is 5.32 Å². The number of aryl methyl sites for hydroxylation is 1. The highest BCUT2D eigenvalue weighted by atomic mass is 15.2. The molecule has 0 aliphatic carbocycles. The average molecular weight is 223 g/mol. The number of hydrogen-bond donors (Lipinski definition) is 1. The monoisotopic (exact) mass is 223 g/mol. The molecule has 2 aromatic carbocycles. The van der Waals surface area contributed by atoms with E-state index in [9.17, 15) is 0 Å². The molecule has 3 nitrogen and oxygen atoms in total. The number of aromatic nitrogens is 2. The van der Waals surface area contributed by atoms with Gasteiger partial charge in [0.05, 0.1) is 5.52 Å². The lowest BCUT2D eigenvalue weighted by Gasteiger charge is -2.05. The quantitative estimate of drug-likeness (QED) is 0.722. The lowest BCUT2D eigenvalue weighted by atomic mass is 10.2. The number of benzene rings is 2. The van der Waals surface area contributed by atoms with Gasteiger partial charge in [0.15, 0.2) is 0 Å². The third kappa shape index (κ3) is 1.99. The molecule has 3 heteroatoms. The summed E-state index contributed by atoms with van der Waals surface area (Å²) in [5, 5.41) is 8.91. The SMILES string of the molecule is Cn1cc2ccc(Nc3ccccc3)cc2n1. The first-order valence-electron chi connectivity index (χ1n) is 5.57. The summed E-state index contributed by atoms with van der Waals surface area (Å²) in [5.74, 6) is 0. The highest BCUT2D eigenvalue weighted by molar-refractivity contribution is 5.82. The fraction of sp³-hybridized carbons (Fsp3) is 0.0714. The number of nitrogens with zero attached hydrogens (tertiary/aromatic N) is 2. The lowest BCUT2D eigenvalue weighted by Crippen LogP contribution is -1.89. The molecule has 0 fully saturated rings. The second kappa shape index (κ2) is 3.94. The van der Waals surface area contributed by atoms with Crippen LogP contribution in [0.4, 0.5) is 11.4 Å². The predicted octanol–water partition coefficient (Wildman–Crippen LogP) is 3.32. The van der Waals surface area contributed by atoms with Crippen molar-refractivity contribution in [3.63, 3.8) is 0 Å². The Morgan fingerprint density at radius 1 is 1.00 bits per heavy atom. The largest absolute Gasteiger partial charge is 0.355 e. The van der Waals surface area contributed by atoms with E-state index in [1.165, 1.54) is 0 Å². The molecule has 1 N–H and O–H groups in total. The van der Waals surface area contributed by atoms with Crippen LogP contribution in [0.3, 0.4) is 0 Å². The van der Waals surface area contributed by atoms with Gasteiger partial charge in [0.2, 0.25) is 0 Å². The first kappa shape index (κ1) is 9.90. The number of hydrogen-bond acceptors (Lipinski definition) is 2. The van der Waals surface area contributed by atoms with Crippen molar-refractivity contribution in [2.75, 3.05) is 5.32 Å². The highest BCUT2D eigenvalue weighted by Crippen LogP contribution is 2.20. The van der Waals surface area contributed by atoms with E-state index in [-0.39, 0.29) is 0 Å². The molecule has 0 amide bonds. The minimum Gasteiger partial charge on any atom is -0.355 e. The standard InChI is InChI=1S/C14H13N3/c1-17-10-11-7-8-13(9-14(11)16-17)15-12-5-3-2-4-6-12/h2-10,15H,1H3. The van der Waals surface area contributed by atoms with E-state index in [1.54, 1.807) is 0 Å². The van der Waals surface area contributed by atoms with Gasteiger partial charge in [-0.15, -0.1) is 0 Å². The molecule has 3 rings (SSSR count). The second-order valence-corrected chi connectivity index (χ2v) is 4.07. The number of anilines is 2. The molecule has 0 atom stereocenters. The van der Waals surface area contributed by atoms with Crippen molar-refractivity contribution in [2.24, 2.45) is 7.05 Å². The summed E-state index contributed by atoms with van der Waals surface area (Å²) in [6, 6.07) is 16.3. The van der Waals surface area contributed by atoms with Crippen molar-refractivity contribution in [1.82, 2.24) is 9.78 Å². The molecule has 3 aromatic rings. The zero-order valence-electron chi connectivity index (χ0n) is 9.59. The number of nitrogens with one attached hydrogen (secondary N) is 1. The van der Waals surface area contributed by atoms with Crippen molar-refractivity contribution in [2.45, 2.75) is 0 Å². The maximum Gasteiger partial charge on any atom is 0.0943 e. The fourth-order valence-electron chi connectivity index (χ4n) is 1.91. The number of fused-ring (bicyclic) bond motifs is 1. The lowest BCUT2D eigenvalue weighted by molar-refractivity contribution is 0.780. The Balaban J connectivity index is 1.95. The van der Waals surface area contributed by atoms with E-state index in [0.29, 0.717) is 0 Å². The number of rotatable bonds is 2. The van der Waals surface area contributed by atoms with Crippen molar-refractivity contribution < 1.29 is 0 Å². The maximum absolute atomic E-state index is 4.39. The van der Waals surface area contributed by atoms with Crippen LogP contribution in [0.25, 0.3) is 10.9 Å². The highest BCUT2D eigenvalue weighted by Gasteiger charge is 2.00. The van der Waals surface area contributed by atoms with Crippen LogP contribution >= 0.6 is 0 Å². The topological polar surface area (TPSA) is 29.9 Å². The van der Waals surface area contributed by atoms with Crippen LogP contribution in [0.15, 0.2) is 54.7 Å². The summed E-state index contributed by atoms with van der Waals surface area (Å²) in [4.78, 5) is 0. The Hall–Kier alpha value is -2.29.